The molecule has 3 heteroatoms. The van der Waals surface area contributed by atoms with Crippen molar-refractivity contribution in [3.05, 3.63) is 33.9 Å². The molecule has 0 amide bonds. The molecule has 0 spiro atoms. The molecule has 0 saturated heterocycles. The summed E-state index contributed by atoms with van der Waals surface area (Å²) in [4.78, 5) is 10.5. The van der Waals surface area contributed by atoms with Crippen molar-refractivity contribution >= 4 is 12.0 Å². The molecule has 1 aromatic carbocycles. The van der Waals surface area contributed by atoms with Gasteiger partial charge in [0.05, 0.1) is 0 Å². The Morgan fingerprint density at radius 1 is 1.00 bits per heavy atom. The SMILES string of the molecule is Cc1c(C)c(C)c(/C=C/C(=O)O)c(O)c1C. The largest absolute Gasteiger partial charge is 0.507 e. The van der Waals surface area contributed by atoms with Crippen molar-refractivity contribution in [2.75, 3.05) is 0 Å². The zero-order valence-corrected chi connectivity index (χ0v) is 9.96. The number of benzene rings is 1. The fourth-order valence-electron chi connectivity index (χ4n) is 1.68. The number of hydrogen-bond acceptors (Lipinski definition) is 2. The molecule has 0 saturated carbocycles. The van der Waals surface area contributed by atoms with Crippen LogP contribution in [0.2, 0.25) is 0 Å². The first kappa shape index (κ1) is 12.3. The normalized spacial score (nSPS) is 11.0. The molecule has 0 aliphatic rings. The van der Waals surface area contributed by atoms with E-state index >= 15 is 0 Å². The molecular formula is C13H16O3. The van der Waals surface area contributed by atoms with Crippen LogP contribution in [0.1, 0.15) is 27.8 Å². The Hall–Kier alpha value is -1.77. The average molecular weight is 220 g/mol. The highest BCUT2D eigenvalue weighted by atomic mass is 16.4. The lowest BCUT2D eigenvalue weighted by atomic mass is 9.93. The lowest BCUT2D eigenvalue weighted by Gasteiger charge is -2.14. The molecule has 1 rings (SSSR count). The number of phenols is 1. The molecule has 0 aliphatic carbocycles. The Kier molecular flexibility index (Phi) is 3.38. The van der Waals surface area contributed by atoms with Crippen LogP contribution in [0.3, 0.4) is 0 Å². The van der Waals surface area contributed by atoms with Crippen molar-refractivity contribution in [2.45, 2.75) is 27.7 Å². The first-order chi connectivity index (χ1) is 7.36. The number of carboxylic acids is 1. The summed E-state index contributed by atoms with van der Waals surface area (Å²) in [7, 11) is 0. The molecule has 0 fully saturated rings. The first-order valence-corrected chi connectivity index (χ1v) is 5.06. The van der Waals surface area contributed by atoms with Gasteiger partial charge in [-0.25, -0.2) is 4.79 Å². The molecule has 86 valence electrons. The fraction of sp³-hybridized carbons (Fsp3) is 0.308. The predicted octanol–water partition coefficient (Wildman–Crippen LogP) is 2.72. The average Bonchev–Trinajstić information content (AvgIpc) is 2.23. The maximum atomic E-state index is 10.5. The Balaban J connectivity index is 3.45. The lowest BCUT2D eigenvalue weighted by Crippen LogP contribution is -1.96. The molecular weight excluding hydrogens is 204 g/mol. The van der Waals surface area contributed by atoms with E-state index in [9.17, 15) is 9.90 Å². The molecule has 16 heavy (non-hydrogen) atoms. The van der Waals surface area contributed by atoms with Crippen molar-refractivity contribution in [3.8, 4) is 5.75 Å². The Labute approximate surface area is 95.0 Å². The summed E-state index contributed by atoms with van der Waals surface area (Å²) < 4.78 is 0. The second-order valence-corrected chi connectivity index (χ2v) is 3.93. The van der Waals surface area contributed by atoms with Crippen molar-refractivity contribution in [2.24, 2.45) is 0 Å². The Morgan fingerprint density at radius 2 is 1.50 bits per heavy atom. The lowest BCUT2D eigenvalue weighted by molar-refractivity contribution is -0.131. The van der Waals surface area contributed by atoms with E-state index in [2.05, 4.69) is 0 Å². The number of aliphatic carboxylic acids is 1. The third kappa shape index (κ3) is 2.08. The van der Waals surface area contributed by atoms with Crippen molar-refractivity contribution in [1.82, 2.24) is 0 Å². The van der Waals surface area contributed by atoms with Gasteiger partial charge in [0.25, 0.3) is 0 Å². The minimum atomic E-state index is -1.02. The highest BCUT2D eigenvalue weighted by molar-refractivity contribution is 5.86. The maximum absolute atomic E-state index is 10.5. The molecule has 0 radical (unpaired) electrons. The predicted molar refractivity (Wildman–Crippen MR) is 63.7 cm³/mol. The molecule has 3 nitrogen and oxygen atoms in total. The number of aromatic hydroxyl groups is 1. The number of carboxylic acid groups (broad SMARTS) is 1. The third-order valence-corrected chi connectivity index (χ3v) is 3.09. The second-order valence-electron chi connectivity index (χ2n) is 3.93. The summed E-state index contributed by atoms with van der Waals surface area (Å²) in [6.07, 6.45) is 2.47. The Morgan fingerprint density at radius 3 is 2.00 bits per heavy atom. The van der Waals surface area contributed by atoms with E-state index in [1.54, 1.807) is 0 Å². The van der Waals surface area contributed by atoms with Gasteiger partial charge in [-0.2, -0.15) is 0 Å². The van der Waals surface area contributed by atoms with Gasteiger partial charge in [-0.05, 0) is 56.0 Å². The molecule has 0 bridgehead atoms. The van der Waals surface area contributed by atoms with E-state index in [0.29, 0.717) is 5.56 Å². The molecule has 2 N–H and O–H groups in total. The second kappa shape index (κ2) is 4.39. The van der Waals surface area contributed by atoms with Crippen molar-refractivity contribution in [3.63, 3.8) is 0 Å². The van der Waals surface area contributed by atoms with Crippen LogP contribution in [0.5, 0.6) is 5.75 Å². The van der Waals surface area contributed by atoms with Gasteiger partial charge in [0.15, 0.2) is 0 Å². The van der Waals surface area contributed by atoms with Gasteiger partial charge in [0.1, 0.15) is 5.75 Å². The summed E-state index contributed by atoms with van der Waals surface area (Å²) in [6.45, 7) is 7.62. The standard InChI is InChI=1S/C13H16O3/c1-7-8(2)10(4)13(16)11(9(7)3)5-6-12(14)15/h5-6,16H,1-4H3,(H,14,15)/b6-5+. The van der Waals surface area contributed by atoms with Gasteiger partial charge in [-0.1, -0.05) is 0 Å². The van der Waals surface area contributed by atoms with Crippen LogP contribution in [0.15, 0.2) is 6.08 Å². The summed E-state index contributed by atoms with van der Waals surface area (Å²) in [5.41, 5.74) is 4.43. The van der Waals surface area contributed by atoms with Gasteiger partial charge >= 0.3 is 5.97 Å². The van der Waals surface area contributed by atoms with Crippen LogP contribution in [-0.2, 0) is 4.79 Å². The van der Waals surface area contributed by atoms with E-state index in [1.807, 2.05) is 27.7 Å². The van der Waals surface area contributed by atoms with Crippen LogP contribution in [0.4, 0.5) is 0 Å². The van der Waals surface area contributed by atoms with Crippen LogP contribution in [-0.4, -0.2) is 16.2 Å². The van der Waals surface area contributed by atoms with E-state index in [0.717, 1.165) is 28.3 Å². The molecule has 0 atom stereocenters. The summed E-state index contributed by atoms with van der Waals surface area (Å²) in [5.74, 6) is -0.854. The van der Waals surface area contributed by atoms with E-state index in [4.69, 9.17) is 5.11 Å². The molecule has 0 aromatic heterocycles. The quantitative estimate of drug-likeness (QED) is 0.753. The highest BCUT2D eigenvalue weighted by Crippen LogP contribution is 2.32. The van der Waals surface area contributed by atoms with Gasteiger partial charge in [-0.15, -0.1) is 0 Å². The van der Waals surface area contributed by atoms with Crippen molar-refractivity contribution in [1.29, 1.82) is 0 Å². The first-order valence-electron chi connectivity index (χ1n) is 5.06. The summed E-state index contributed by atoms with van der Waals surface area (Å²) in [5, 5.41) is 18.5. The summed E-state index contributed by atoms with van der Waals surface area (Å²) in [6, 6.07) is 0. The van der Waals surface area contributed by atoms with E-state index in [1.165, 1.54) is 6.08 Å². The smallest absolute Gasteiger partial charge is 0.328 e. The minimum Gasteiger partial charge on any atom is -0.507 e. The number of carbonyl (C=O) groups is 1. The molecule has 0 unspecified atom stereocenters. The van der Waals surface area contributed by atoms with Crippen molar-refractivity contribution < 1.29 is 15.0 Å². The van der Waals surface area contributed by atoms with Crippen LogP contribution in [0, 0.1) is 27.7 Å². The topological polar surface area (TPSA) is 57.5 Å². The van der Waals surface area contributed by atoms with E-state index < -0.39 is 5.97 Å². The monoisotopic (exact) mass is 220 g/mol. The van der Waals surface area contributed by atoms with Gasteiger partial charge in [0.2, 0.25) is 0 Å². The summed E-state index contributed by atoms with van der Waals surface area (Å²) >= 11 is 0. The maximum Gasteiger partial charge on any atom is 0.328 e. The van der Waals surface area contributed by atoms with Gasteiger partial charge < -0.3 is 10.2 Å². The zero-order valence-electron chi connectivity index (χ0n) is 9.96. The zero-order chi connectivity index (χ0) is 12.5. The third-order valence-electron chi connectivity index (χ3n) is 3.09. The van der Waals surface area contributed by atoms with Crippen LogP contribution < -0.4 is 0 Å². The fourth-order valence-corrected chi connectivity index (χ4v) is 1.68. The Bertz CT molecular complexity index is 442. The minimum absolute atomic E-state index is 0.165. The van der Waals surface area contributed by atoms with Crippen LogP contribution >= 0.6 is 0 Å². The highest BCUT2D eigenvalue weighted by Gasteiger charge is 2.12. The van der Waals surface area contributed by atoms with E-state index in [-0.39, 0.29) is 5.75 Å². The molecule has 0 heterocycles. The van der Waals surface area contributed by atoms with Crippen LogP contribution in [0.25, 0.3) is 6.08 Å². The number of phenolic OH excluding ortho intramolecular Hbond substituents is 1. The molecule has 1 aromatic rings. The number of hydrogen-bond donors (Lipinski definition) is 2. The molecule has 0 aliphatic heterocycles. The van der Waals surface area contributed by atoms with Gasteiger partial charge in [0, 0.05) is 11.6 Å². The van der Waals surface area contributed by atoms with Gasteiger partial charge in [-0.3, -0.25) is 0 Å². The number of rotatable bonds is 2.